The van der Waals surface area contributed by atoms with Gasteiger partial charge in [0, 0.05) is 37.3 Å². The SMILES string of the molecule is COc1ccc(C=O)c(CO)c1N1CCN(C(=O)OC(C)(C)C)CC1. The van der Waals surface area contributed by atoms with E-state index < -0.39 is 5.60 Å². The summed E-state index contributed by atoms with van der Waals surface area (Å²) >= 11 is 0. The van der Waals surface area contributed by atoms with Crippen molar-refractivity contribution in [3.8, 4) is 5.75 Å². The highest BCUT2D eigenvalue weighted by molar-refractivity contribution is 5.83. The largest absolute Gasteiger partial charge is 0.495 e. The maximum Gasteiger partial charge on any atom is 0.410 e. The van der Waals surface area contributed by atoms with Crippen LogP contribution in [-0.2, 0) is 11.3 Å². The molecule has 1 aliphatic heterocycles. The Labute approximate surface area is 148 Å². The number of aliphatic hydroxyl groups is 1. The highest BCUT2D eigenvalue weighted by Gasteiger charge is 2.28. The monoisotopic (exact) mass is 350 g/mol. The summed E-state index contributed by atoms with van der Waals surface area (Å²) in [6, 6.07) is 3.36. The molecule has 0 saturated carbocycles. The van der Waals surface area contributed by atoms with Crippen LogP contribution in [0.15, 0.2) is 12.1 Å². The molecule has 0 spiro atoms. The molecule has 7 heteroatoms. The number of ether oxygens (including phenoxy) is 2. The van der Waals surface area contributed by atoms with Gasteiger partial charge in [0.15, 0.2) is 0 Å². The van der Waals surface area contributed by atoms with E-state index >= 15 is 0 Å². The predicted octanol–water partition coefficient (Wildman–Crippen LogP) is 2.06. The van der Waals surface area contributed by atoms with Crippen LogP contribution < -0.4 is 9.64 Å². The van der Waals surface area contributed by atoms with E-state index in [4.69, 9.17) is 9.47 Å². The van der Waals surface area contributed by atoms with Crippen LogP contribution in [0.25, 0.3) is 0 Å². The first-order valence-electron chi connectivity index (χ1n) is 8.29. The normalized spacial score (nSPS) is 15.1. The summed E-state index contributed by atoms with van der Waals surface area (Å²) in [7, 11) is 1.55. The third-order valence-electron chi connectivity index (χ3n) is 4.03. The molecule has 0 atom stereocenters. The standard InChI is InChI=1S/C18H26N2O5/c1-18(2,3)25-17(23)20-9-7-19(8-10-20)16-14(12-22)13(11-21)5-6-15(16)24-4/h5-6,11,22H,7-10,12H2,1-4H3. The zero-order chi connectivity index (χ0) is 18.6. The van der Waals surface area contributed by atoms with E-state index in [-0.39, 0.29) is 12.7 Å². The average molecular weight is 350 g/mol. The summed E-state index contributed by atoms with van der Waals surface area (Å²) < 4.78 is 10.8. The van der Waals surface area contributed by atoms with E-state index in [0.717, 1.165) is 6.29 Å². The van der Waals surface area contributed by atoms with Crippen molar-refractivity contribution in [2.45, 2.75) is 33.0 Å². The van der Waals surface area contributed by atoms with Gasteiger partial charge in [-0.3, -0.25) is 4.79 Å². The Kier molecular flexibility index (Phi) is 5.89. The fourth-order valence-corrected chi connectivity index (χ4v) is 2.86. The van der Waals surface area contributed by atoms with Gasteiger partial charge < -0.3 is 24.4 Å². The van der Waals surface area contributed by atoms with Gasteiger partial charge in [-0.15, -0.1) is 0 Å². The smallest absolute Gasteiger partial charge is 0.410 e. The second-order valence-electron chi connectivity index (χ2n) is 6.91. The van der Waals surface area contributed by atoms with Crippen LogP contribution >= 0.6 is 0 Å². The van der Waals surface area contributed by atoms with Crippen LogP contribution in [0.1, 0.15) is 36.7 Å². The number of nitrogens with zero attached hydrogens (tertiary/aromatic N) is 2. The van der Waals surface area contributed by atoms with Crippen LogP contribution in [0.3, 0.4) is 0 Å². The molecule has 0 radical (unpaired) electrons. The fourth-order valence-electron chi connectivity index (χ4n) is 2.86. The minimum absolute atomic E-state index is 0.257. The number of methoxy groups -OCH3 is 1. The summed E-state index contributed by atoms with van der Waals surface area (Å²) in [5.74, 6) is 0.598. The molecule has 1 amide bonds. The van der Waals surface area contributed by atoms with Gasteiger partial charge in [-0.05, 0) is 32.9 Å². The second kappa shape index (κ2) is 7.74. The molecule has 0 aromatic heterocycles. The number of aldehydes is 1. The van der Waals surface area contributed by atoms with E-state index in [1.165, 1.54) is 0 Å². The number of hydrogen-bond acceptors (Lipinski definition) is 6. The molecule has 7 nitrogen and oxygen atoms in total. The molecule has 1 aromatic rings. The molecule has 0 bridgehead atoms. The van der Waals surface area contributed by atoms with Gasteiger partial charge in [-0.1, -0.05) is 0 Å². The molecule has 0 aliphatic carbocycles. The van der Waals surface area contributed by atoms with Gasteiger partial charge in [-0.2, -0.15) is 0 Å². The lowest BCUT2D eigenvalue weighted by atomic mass is 10.0. The summed E-state index contributed by atoms with van der Waals surface area (Å²) in [5, 5.41) is 9.72. The number of hydrogen-bond donors (Lipinski definition) is 1. The fraction of sp³-hybridized carbons (Fsp3) is 0.556. The Morgan fingerprint density at radius 3 is 2.36 bits per heavy atom. The third-order valence-corrected chi connectivity index (χ3v) is 4.03. The first-order chi connectivity index (χ1) is 11.8. The highest BCUT2D eigenvalue weighted by Crippen LogP contribution is 2.35. The van der Waals surface area contributed by atoms with E-state index in [1.807, 2.05) is 25.7 Å². The summed E-state index contributed by atoms with van der Waals surface area (Å²) in [4.78, 5) is 27.1. The quantitative estimate of drug-likeness (QED) is 0.838. The molecule has 25 heavy (non-hydrogen) atoms. The molecule has 2 rings (SSSR count). The van der Waals surface area contributed by atoms with Crippen LogP contribution in [-0.4, -0.2) is 61.3 Å². The Morgan fingerprint density at radius 1 is 1.24 bits per heavy atom. The highest BCUT2D eigenvalue weighted by atomic mass is 16.6. The number of piperazine rings is 1. The summed E-state index contributed by atoms with van der Waals surface area (Å²) in [5.41, 5.74) is 1.16. The van der Waals surface area contributed by atoms with Gasteiger partial charge in [-0.25, -0.2) is 4.79 Å². The van der Waals surface area contributed by atoms with Crippen LogP contribution in [0.5, 0.6) is 5.75 Å². The van der Waals surface area contributed by atoms with Crippen molar-refractivity contribution in [3.63, 3.8) is 0 Å². The molecule has 1 aromatic carbocycles. The maximum atomic E-state index is 12.2. The minimum atomic E-state index is -0.528. The molecular weight excluding hydrogens is 324 g/mol. The van der Waals surface area contributed by atoms with Crippen molar-refractivity contribution in [2.24, 2.45) is 0 Å². The van der Waals surface area contributed by atoms with Crippen molar-refractivity contribution in [1.82, 2.24) is 4.90 Å². The number of amides is 1. The van der Waals surface area contributed by atoms with E-state index in [1.54, 1.807) is 24.1 Å². The van der Waals surface area contributed by atoms with Crippen molar-refractivity contribution in [3.05, 3.63) is 23.3 Å². The Balaban J connectivity index is 2.18. The molecule has 1 heterocycles. The number of rotatable bonds is 4. The van der Waals surface area contributed by atoms with Crippen LogP contribution in [0.2, 0.25) is 0 Å². The second-order valence-corrected chi connectivity index (χ2v) is 6.91. The van der Waals surface area contributed by atoms with E-state index in [9.17, 15) is 14.7 Å². The molecule has 0 unspecified atom stereocenters. The van der Waals surface area contributed by atoms with Crippen molar-refractivity contribution >= 4 is 18.1 Å². The molecule has 1 fully saturated rings. The first kappa shape index (κ1) is 19.1. The maximum absolute atomic E-state index is 12.2. The Morgan fingerprint density at radius 2 is 1.88 bits per heavy atom. The molecule has 1 N–H and O–H groups in total. The third kappa shape index (κ3) is 4.42. The number of carbonyl (C=O) groups is 2. The number of benzene rings is 1. The van der Waals surface area contributed by atoms with Gasteiger partial charge in [0.05, 0.1) is 19.4 Å². The van der Waals surface area contributed by atoms with Crippen LogP contribution in [0, 0.1) is 0 Å². The average Bonchev–Trinajstić information content (AvgIpc) is 2.58. The number of carbonyl (C=O) groups excluding carboxylic acids is 2. The minimum Gasteiger partial charge on any atom is -0.495 e. The molecule has 1 aliphatic rings. The summed E-state index contributed by atoms with van der Waals surface area (Å²) in [6.45, 7) is 7.37. The predicted molar refractivity (Wildman–Crippen MR) is 94.3 cm³/mol. The van der Waals surface area contributed by atoms with Gasteiger partial charge in [0.1, 0.15) is 17.6 Å². The number of anilines is 1. The lowest BCUT2D eigenvalue weighted by Crippen LogP contribution is -2.50. The van der Waals surface area contributed by atoms with Gasteiger partial charge in [0.25, 0.3) is 0 Å². The zero-order valence-electron chi connectivity index (χ0n) is 15.2. The lowest BCUT2D eigenvalue weighted by Gasteiger charge is -2.38. The lowest BCUT2D eigenvalue weighted by molar-refractivity contribution is 0.0240. The van der Waals surface area contributed by atoms with Crippen molar-refractivity contribution in [1.29, 1.82) is 0 Å². The molecule has 138 valence electrons. The molecular formula is C18H26N2O5. The zero-order valence-corrected chi connectivity index (χ0v) is 15.2. The topological polar surface area (TPSA) is 79.3 Å². The van der Waals surface area contributed by atoms with Crippen LogP contribution in [0.4, 0.5) is 10.5 Å². The Bertz CT molecular complexity index is 631. The Hall–Kier alpha value is -2.28. The van der Waals surface area contributed by atoms with E-state index in [2.05, 4.69) is 0 Å². The number of aliphatic hydroxyl groups excluding tert-OH is 1. The van der Waals surface area contributed by atoms with Gasteiger partial charge >= 0.3 is 6.09 Å². The van der Waals surface area contributed by atoms with Crippen molar-refractivity contribution < 1.29 is 24.2 Å². The first-order valence-corrected chi connectivity index (χ1v) is 8.29. The van der Waals surface area contributed by atoms with E-state index in [0.29, 0.717) is 48.7 Å². The molecule has 1 saturated heterocycles. The van der Waals surface area contributed by atoms with Crippen molar-refractivity contribution in [2.75, 3.05) is 38.2 Å². The van der Waals surface area contributed by atoms with Gasteiger partial charge in [0.2, 0.25) is 0 Å². The summed E-state index contributed by atoms with van der Waals surface area (Å²) in [6.07, 6.45) is 0.397.